The summed E-state index contributed by atoms with van der Waals surface area (Å²) in [6.45, 7) is 5.82. The maximum absolute atomic E-state index is 12.4. The molecule has 5 nitrogen and oxygen atoms in total. The van der Waals surface area contributed by atoms with Crippen LogP contribution in [0.2, 0.25) is 0 Å². The standard InChI is InChI=1S/C17H16N2O3S2/c1-4-22-17(21)14-10(3)13-15(20)18-12(19-16(13)24-14)6-5-11-9(2)7-8-23-11/h5-8H,4H2,1-3H3,(H,18,19,20)/b6-5-. The van der Waals surface area contributed by atoms with Gasteiger partial charge in [0.15, 0.2) is 0 Å². The zero-order valence-corrected chi connectivity index (χ0v) is 15.1. The zero-order chi connectivity index (χ0) is 17.3. The monoisotopic (exact) mass is 360 g/mol. The van der Waals surface area contributed by atoms with Crippen molar-refractivity contribution in [2.75, 3.05) is 6.61 Å². The second-order valence-corrected chi connectivity index (χ2v) is 7.16. The van der Waals surface area contributed by atoms with Gasteiger partial charge in [-0.3, -0.25) is 4.79 Å². The number of thiophene rings is 2. The predicted molar refractivity (Wildman–Crippen MR) is 98.9 cm³/mol. The van der Waals surface area contributed by atoms with Gasteiger partial charge in [-0.15, -0.1) is 22.7 Å². The van der Waals surface area contributed by atoms with Crippen LogP contribution in [0.3, 0.4) is 0 Å². The molecule has 3 aromatic heterocycles. The van der Waals surface area contributed by atoms with E-state index in [1.807, 2.05) is 24.4 Å². The summed E-state index contributed by atoms with van der Waals surface area (Å²) in [5.74, 6) is 0.0562. The van der Waals surface area contributed by atoms with Gasteiger partial charge >= 0.3 is 5.97 Å². The van der Waals surface area contributed by atoms with Crippen LogP contribution in [0, 0.1) is 13.8 Å². The Morgan fingerprint density at radius 3 is 2.83 bits per heavy atom. The predicted octanol–water partition coefficient (Wildman–Crippen LogP) is 4.01. The summed E-state index contributed by atoms with van der Waals surface area (Å²) < 4.78 is 5.04. The largest absolute Gasteiger partial charge is 0.462 e. The summed E-state index contributed by atoms with van der Waals surface area (Å²) >= 11 is 2.82. The Bertz CT molecular complexity index is 995. The molecular weight excluding hydrogens is 344 g/mol. The highest BCUT2D eigenvalue weighted by Crippen LogP contribution is 2.28. The molecule has 0 aliphatic heterocycles. The van der Waals surface area contributed by atoms with Crippen molar-refractivity contribution < 1.29 is 9.53 Å². The van der Waals surface area contributed by atoms with E-state index in [1.54, 1.807) is 31.3 Å². The summed E-state index contributed by atoms with van der Waals surface area (Å²) in [5.41, 5.74) is 1.55. The molecule has 0 atom stereocenters. The number of aromatic amines is 1. The van der Waals surface area contributed by atoms with Crippen molar-refractivity contribution in [3.8, 4) is 0 Å². The van der Waals surface area contributed by atoms with Crippen molar-refractivity contribution in [3.63, 3.8) is 0 Å². The fourth-order valence-electron chi connectivity index (χ4n) is 2.34. The fraction of sp³-hybridized carbons (Fsp3) is 0.235. The van der Waals surface area contributed by atoms with Crippen LogP contribution >= 0.6 is 22.7 Å². The van der Waals surface area contributed by atoms with E-state index >= 15 is 0 Å². The SMILES string of the molecule is CCOC(=O)c1sc2nc(/C=C\c3sccc3C)[nH]c(=O)c2c1C. The van der Waals surface area contributed by atoms with E-state index in [0.717, 1.165) is 4.88 Å². The maximum Gasteiger partial charge on any atom is 0.348 e. The molecule has 24 heavy (non-hydrogen) atoms. The Labute approximate surface area is 146 Å². The quantitative estimate of drug-likeness (QED) is 0.714. The average Bonchev–Trinajstić information content (AvgIpc) is 3.09. The Balaban J connectivity index is 2.04. The first kappa shape index (κ1) is 16.6. The summed E-state index contributed by atoms with van der Waals surface area (Å²) in [6, 6.07) is 2.04. The number of ether oxygens (including phenoxy) is 1. The molecule has 0 aliphatic rings. The highest BCUT2D eigenvalue weighted by atomic mass is 32.1. The van der Waals surface area contributed by atoms with Gasteiger partial charge < -0.3 is 9.72 Å². The Hall–Kier alpha value is -2.25. The van der Waals surface area contributed by atoms with Crippen molar-refractivity contribution in [1.82, 2.24) is 9.97 Å². The number of hydrogen-bond donors (Lipinski definition) is 1. The van der Waals surface area contributed by atoms with Gasteiger partial charge in [0.1, 0.15) is 15.5 Å². The molecule has 3 rings (SSSR count). The van der Waals surface area contributed by atoms with E-state index in [4.69, 9.17) is 4.74 Å². The molecule has 124 valence electrons. The molecule has 0 radical (unpaired) electrons. The van der Waals surface area contributed by atoms with Crippen LogP contribution in [-0.4, -0.2) is 22.5 Å². The molecule has 0 aromatic carbocycles. The Morgan fingerprint density at radius 2 is 2.17 bits per heavy atom. The van der Waals surface area contributed by atoms with Crippen LogP contribution < -0.4 is 5.56 Å². The lowest BCUT2D eigenvalue weighted by Crippen LogP contribution is -2.10. The lowest BCUT2D eigenvalue weighted by atomic mass is 10.2. The Kier molecular flexibility index (Phi) is 4.64. The highest BCUT2D eigenvalue weighted by Gasteiger charge is 2.19. The van der Waals surface area contributed by atoms with Gasteiger partial charge in [0.05, 0.1) is 12.0 Å². The van der Waals surface area contributed by atoms with Gasteiger partial charge in [-0.1, -0.05) is 0 Å². The molecule has 0 amide bonds. The summed E-state index contributed by atoms with van der Waals surface area (Å²) in [5, 5.41) is 2.47. The first-order valence-electron chi connectivity index (χ1n) is 7.44. The van der Waals surface area contributed by atoms with Gasteiger partial charge in [0, 0.05) is 4.88 Å². The summed E-state index contributed by atoms with van der Waals surface area (Å²) in [6.07, 6.45) is 3.70. The normalized spacial score (nSPS) is 11.5. The number of fused-ring (bicyclic) bond motifs is 1. The number of H-pyrrole nitrogens is 1. The molecule has 3 aromatic rings. The molecule has 0 spiro atoms. The van der Waals surface area contributed by atoms with Crippen molar-refractivity contribution in [3.05, 3.63) is 48.5 Å². The van der Waals surface area contributed by atoms with Crippen molar-refractivity contribution in [1.29, 1.82) is 0 Å². The van der Waals surface area contributed by atoms with Gasteiger partial charge in [0.2, 0.25) is 0 Å². The lowest BCUT2D eigenvalue weighted by Gasteiger charge is -1.98. The molecule has 0 unspecified atom stereocenters. The molecular formula is C17H16N2O3S2. The van der Waals surface area contributed by atoms with Crippen LogP contribution in [0.25, 0.3) is 22.4 Å². The number of hydrogen-bond acceptors (Lipinski definition) is 6. The highest BCUT2D eigenvalue weighted by molar-refractivity contribution is 7.20. The van der Waals surface area contributed by atoms with Gasteiger partial charge in [0.25, 0.3) is 5.56 Å². The first-order chi connectivity index (χ1) is 11.5. The molecule has 0 aliphatic carbocycles. The van der Waals surface area contributed by atoms with Crippen LogP contribution in [0.4, 0.5) is 0 Å². The smallest absolute Gasteiger partial charge is 0.348 e. The third-order valence-corrected chi connectivity index (χ3v) is 5.72. The maximum atomic E-state index is 12.4. The van der Waals surface area contributed by atoms with E-state index in [0.29, 0.717) is 33.1 Å². The second kappa shape index (κ2) is 6.70. The van der Waals surface area contributed by atoms with E-state index in [-0.39, 0.29) is 5.56 Å². The number of nitrogens with zero attached hydrogens (tertiary/aromatic N) is 1. The van der Waals surface area contributed by atoms with Crippen molar-refractivity contribution >= 4 is 51.0 Å². The minimum atomic E-state index is -0.413. The molecule has 7 heteroatoms. The van der Waals surface area contributed by atoms with Gasteiger partial charge in [-0.25, -0.2) is 9.78 Å². The third-order valence-electron chi connectivity index (χ3n) is 3.57. The molecule has 1 N–H and O–H groups in total. The number of carbonyl (C=O) groups is 1. The first-order valence-corrected chi connectivity index (χ1v) is 9.13. The average molecular weight is 360 g/mol. The minimum absolute atomic E-state index is 0.244. The molecule has 0 saturated heterocycles. The van der Waals surface area contributed by atoms with E-state index < -0.39 is 5.97 Å². The molecule has 0 fully saturated rings. The molecule has 0 saturated carbocycles. The minimum Gasteiger partial charge on any atom is -0.462 e. The number of rotatable bonds is 4. The zero-order valence-electron chi connectivity index (χ0n) is 13.5. The van der Waals surface area contributed by atoms with Crippen LogP contribution in [-0.2, 0) is 4.74 Å². The molecule has 0 bridgehead atoms. The number of esters is 1. The Morgan fingerprint density at radius 1 is 1.38 bits per heavy atom. The number of carbonyl (C=O) groups excluding carboxylic acids is 1. The second-order valence-electron chi connectivity index (χ2n) is 5.21. The van der Waals surface area contributed by atoms with Gasteiger partial charge in [-0.2, -0.15) is 0 Å². The van der Waals surface area contributed by atoms with E-state index in [1.165, 1.54) is 16.9 Å². The van der Waals surface area contributed by atoms with Crippen LogP contribution in [0.15, 0.2) is 16.2 Å². The van der Waals surface area contributed by atoms with Crippen LogP contribution in [0.5, 0.6) is 0 Å². The molecule has 3 heterocycles. The summed E-state index contributed by atoms with van der Waals surface area (Å²) in [7, 11) is 0. The summed E-state index contributed by atoms with van der Waals surface area (Å²) in [4.78, 5) is 33.7. The lowest BCUT2D eigenvalue weighted by molar-refractivity contribution is 0.0531. The number of aryl methyl sites for hydroxylation is 2. The van der Waals surface area contributed by atoms with Gasteiger partial charge in [-0.05, 0) is 55.5 Å². The van der Waals surface area contributed by atoms with Crippen LogP contribution in [0.1, 0.15) is 38.4 Å². The van der Waals surface area contributed by atoms with Crippen molar-refractivity contribution in [2.45, 2.75) is 20.8 Å². The number of aromatic nitrogens is 2. The van der Waals surface area contributed by atoms with E-state index in [2.05, 4.69) is 9.97 Å². The van der Waals surface area contributed by atoms with Crippen molar-refractivity contribution in [2.24, 2.45) is 0 Å². The van der Waals surface area contributed by atoms with E-state index in [9.17, 15) is 9.59 Å². The topological polar surface area (TPSA) is 72.0 Å². The fourth-order valence-corrected chi connectivity index (χ4v) is 4.24. The third kappa shape index (κ3) is 3.05. The number of nitrogens with one attached hydrogen (secondary N) is 1.